The van der Waals surface area contributed by atoms with Gasteiger partial charge in [0.1, 0.15) is 11.4 Å². The van der Waals surface area contributed by atoms with E-state index in [1.807, 2.05) is 32.9 Å². The molecule has 0 N–H and O–H groups in total. The molecule has 1 aliphatic heterocycles. The summed E-state index contributed by atoms with van der Waals surface area (Å²) in [5, 5.41) is 0. The number of ketones is 1. The molecular formula is C33H40N2O4. The molecule has 1 aliphatic rings. The summed E-state index contributed by atoms with van der Waals surface area (Å²) < 4.78 is 11.1. The number of nitrogens with zero attached hydrogens (tertiary/aromatic N) is 2. The number of likely N-dealkylation sites (tertiary alicyclic amines) is 1. The van der Waals surface area contributed by atoms with Crippen LogP contribution in [0.3, 0.4) is 0 Å². The SMILES string of the molecule is COc1ccc(C(=O)C[C@H]2[C@@H](N(Cc3ccccc3)Cc3ccccc3)CCCN2C(=O)OC(C)(C)C)cc1. The first-order valence-electron chi connectivity index (χ1n) is 13.7. The van der Waals surface area contributed by atoms with Crippen molar-refractivity contribution in [3.8, 4) is 5.75 Å². The van der Waals surface area contributed by atoms with Crippen LogP contribution in [0.5, 0.6) is 5.75 Å². The number of carbonyl (C=O) groups excluding carboxylic acids is 2. The van der Waals surface area contributed by atoms with E-state index < -0.39 is 5.60 Å². The molecule has 1 saturated heterocycles. The van der Waals surface area contributed by atoms with Crippen molar-refractivity contribution in [3.63, 3.8) is 0 Å². The van der Waals surface area contributed by atoms with Gasteiger partial charge >= 0.3 is 6.09 Å². The van der Waals surface area contributed by atoms with Crippen molar-refractivity contribution in [1.82, 2.24) is 9.80 Å². The third-order valence-corrected chi connectivity index (χ3v) is 7.10. The Morgan fingerprint density at radius 1 is 0.872 bits per heavy atom. The maximum atomic E-state index is 13.6. The van der Waals surface area contributed by atoms with Crippen LogP contribution in [-0.4, -0.2) is 53.0 Å². The second-order valence-electron chi connectivity index (χ2n) is 11.2. The van der Waals surface area contributed by atoms with Gasteiger partial charge in [-0.1, -0.05) is 60.7 Å². The van der Waals surface area contributed by atoms with Crippen molar-refractivity contribution in [2.24, 2.45) is 0 Å². The molecule has 3 aromatic carbocycles. The van der Waals surface area contributed by atoms with Crippen LogP contribution in [0.25, 0.3) is 0 Å². The summed E-state index contributed by atoms with van der Waals surface area (Å²) in [6.45, 7) is 7.63. The van der Waals surface area contributed by atoms with Gasteiger partial charge in [0.15, 0.2) is 5.78 Å². The zero-order valence-corrected chi connectivity index (χ0v) is 23.5. The largest absolute Gasteiger partial charge is 0.497 e. The highest BCUT2D eigenvalue weighted by Gasteiger charge is 2.40. The molecule has 0 aliphatic carbocycles. The zero-order valence-electron chi connectivity index (χ0n) is 23.5. The van der Waals surface area contributed by atoms with E-state index >= 15 is 0 Å². The summed E-state index contributed by atoms with van der Waals surface area (Å²) in [5.41, 5.74) is 2.38. The van der Waals surface area contributed by atoms with Crippen LogP contribution in [0.4, 0.5) is 4.79 Å². The Hall–Kier alpha value is -3.64. The van der Waals surface area contributed by atoms with Gasteiger partial charge in [0.05, 0.1) is 13.2 Å². The third kappa shape index (κ3) is 7.93. The molecule has 2 atom stereocenters. The minimum Gasteiger partial charge on any atom is -0.497 e. The van der Waals surface area contributed by atoms with Gasteiger partial charge in [-0.3, -0.25) is 9.69 Å². The van der Waals surface area contributed by atoms with E-state index in [2.05, 4.69) is 53.4 Å². The van der Waals surface area contributed by atoms with Crippen LogP contribution in [0, 0.1) is 0 Å². The number of carbonyl (C=O) groups is 2. The summed E-state index contributed by atoms with van der Waals surface area (Å²) in [5.74, 6) is 0.705. The summed E-state index contributed by atoms with van der Waals surface area (Å²) in [4.78, 5) is 31.3. The van der Waals surface area contributed by atoms with Crippen molar-refractivity contribution < 1.29 is 19.1 Å². The maximum absolute atomic E-state index is 13.6. The molecule has 6 nitrogen and oxygen atoms in total. The minimum atomic E-state index is -0.623. The number of Topliss-reactive ketones (excluding diaryl/α,β-unsaturated/α-hetero) is 1. The zero-order chi connectivity index (χ0) is 27.8. The fourth-order valence-electron chi connectivity index (χ4n) is 5.27. The molecule has 1 fully saturated rings. The molecule has 39 heavy (non-hydrogen) atoms. The van der Waals surface area contributed by atoms with Crippen LogP contribution < -0.4 is 4.74 Å². The Balaban J connectivity index is 1.68. The number of hydrogen-bond donors (Lipinski definition) is 0. The lowest BCUT2D eigenvalue weighted by atomic mass is 9.89. The molecule has 0 spiro atoms. The maximum Gasteiger partial charge on any atom is 0.410 e. The second kappa shape index (κ2) is 12.9. The average molecular weight is 529 g/mol. The molecule has 1 heterocycles. The Morgan fingerprint density at radius 3 is 1.95 bits per heavy atom. The number of piperidine rings is 1. The standard InChI is InChI=1S/C33H40N2O4/c1-33(2,3)39-32(37)35-21-11-16-29(30(35)22-31(36)27-17-19-28(38-4)20-18-27)34(23-25-12-7-5-8-13-25)24-26-14-9-6-10-15-26/h5-10,12-15,17-20,29-30H,11,16,21-24H2,1-4H3/t29-,30-/m0/s1. The lowest BCUT2D eigenvalue weighted by Crippen LogP contribution is -2.58. The molecule has 4 rings (SSSR count). The Kier molecular flexibility index (Phi) is 9.41. The van der Waals surface area contributed by atoms with E-state index in [-0.39, 0.29) is 30.4 Å². The normalized spacial score (nSPS) is 17.6. The minimum absolute atomic E-state index is 0.00230. The van der Waals surface area contributed by atoms with Crippen molar-refractivity contribution in [2.75, 3.05) is 13.7 Å². The fourth-order valence-corrected chi connectivity index (χ4v) is 5.27. The van der Waals surface area contributed by atoms with Gasteiger partial charge in [0.2, 0.25) is 0 Å². The molecule has 0 saturated carbocycles. The molecule has 0 aromatic heterocycles. The van der Waals surface area contributed by atoms with Crippen LogP contribution >= 0.6 is 0 Å². The number of amides is 1. The molecule has 6 heteroatoms. The lowest BCUT2D eigenvalue weighted by molar-refractivity contribution is -0.0140. The number of hydrogen-bond acceptors (Lipinski definition) is 5. The van der Waals surface area contributed by atoms with Crippen molar-refractivity contribution in [3.05, 3.63) is 102 Å². The molecule has 0 unspecified atom stereocenters. The third-order valence-electron chi connectivity index (χ3n) is 7.10. The fraction of sp³-hybridized carbons (Fsp3) is 0.394. The molecule has 3 aromatic rings. The Morgan fingerprint density at radius 2 is 1.44 bits per heavy atom. The van der Waals surface area contributed by atoms with Gasteiger partial charge in [0.25, 0.3) is 0 Å². The number of benzene rings is 3. The summed E-state index contributed by atoms with van der Waals surface area (Å²) in [6.07, 6.45) is 1.59. The van der Waals surface area contributed by atoms with Gasteiger partial charge in [-0.05, 0) is 69.0 Å². The predicted octanol–water partition coefficient (Wildman–Crippen LogP) is 6.74. The van der Waals surface area contributed by atoms with Crippen LogP contribution in [-0.2, 0) is 17.8 Å². The van der Waals surface area contributed by atoms with Crippen LogP contribution in [0.15, 0.2) is 84.9 Å². The number of rotatable bonds is 9. The van der Waals surface area contributed by atoms with E-state index in [0.29, 0.717) is 17.9 Å². The van der Waals surface area contributed by atoms with Crippen LogP contribution in [0.1, 0.15) is 61.5 Å². The lowest BCUT2D eigenvalue weighted by Gasteiger charge is -2.46. The average Bonchev–Trinajstić information content (AvgIpc) is 2.93. The molecule has 0 bridgehead atoms. The Bertz CT molecular complexity index is 1160. The highest BCUT2D eigenvalue weighted by molar-refractivity contribution is 5.96. The predicted molar refractivity (Wildman–Crippen MR) is 154 cm³/mol. The molecule has 1 amide bonds. The van der Waals surface area contributed by atoms with Gasteiger partial charge in [-0.15, -0.1) is 0 Å². The van der Waals surface area contributed by atoms with Crippen LogP contribution in [0.2, 0.25) is 0 Å². The first-order valence-corrected chi connectivity index (χ1v) is 13.7. The van der Waals surface area contributed by atoms with Gasteiger partial charge in [-0.2, -0.15) is 0 Å². The highest BCUT2D eigenvalue weighted by atomic mass is 16.6. The van der Waals surface area contributed by atoms with Crippen molar-refractivity contribution >= 4 is 11.9 Å². The first-order chi connectivity index (χ1) is 18.7. The summed E-state index contributed by atoms with van der Waals surface area (Å²) in [6, 6.07) is 27.6. The van der Waals surface area contributed by atoms with E-state index in [4.69, 9.17) is 9.47 Å². The molecule has 206 valence electrons. The number of ether oxygens (including phenoxy) is 2. The van der Waals surface area contributed by atoms with E-state index in [0.717, 1.165) is 25.9 Å². The van der Waals surface area contributed by atoms with E-state index in [9.17, 15) is 9.59 Å². The topological polar surface area (TPSA) is 59.1 Å². The monoisotopic (exact) mass is 528 g/mol. The second-order valence-corrected chi connectivity index (χ2v) is 11.2. The summed E-state index contributed by atoms with van der Waals surface area (Å²) in [7, 11) is 1.61. The smallest absolute Gasteiger partial charge is 0.410 e. The summed E-state index contributed by atoms with van der Waals surface area (Å²) >= 11 is 0. The highest BCUT2D eigenvalue weighted by Crippen LogP contribution is 2.30. The van der Waals surface area contributed by atoms with Gasteiger partial charge < -0.3 is 14.4 Å². The molecule has 0 radical (unpaired) electrons. The number of methoxy groups -OCH3 is 1. The van der Waals surface area contributed by atoms with Gasteiger partial charge in [-0.25, -0.2) is 4.79 Å². The quantitative estimate of drug-likeness (QED) is 0.288. The van der Waals surface area contributed by atoms with Crippen molar-refractivity contribution in [2.45, 2.75) is 70.8 Å². The Labute approximate surface area is 232 Å². The van der Waals surface area contributed by atoms with Gasteiger partial charge in [0, 0.05) is 37.7 Å². The first kappa shape index (κ1) is 28.4. The van der Waals surface area contributed by atoms with E-state index in [1.54, 1.807) is 36.3 Å². The van der Waals surface area contributed by atoms with Crippen molar-refractivity contribution in [1.29, 1.82) is 0 Å². The molecular weight excluding hydrogens is 488 g/mol. The van der Waals surface area contributed by atoms with E-state index in [1.165, 1.54) is 11.1 Å².